The Balaban J connectivity index is 1.88. The number of anilines is 1. The second-order valence-electron chi connectivity index (χ2n) is 8.53. The Morgan fingerprint density at radius 3 is 2.72 bits per heavy atom. The van der Waals surface area contributed by atoms with Gasteiger partial charge in [0.1, 0.15) is 5.82 Å². The van der Waals surface area contributed by atoms with Gasteiger partial charge < -0.3 is 11.5 Å². The zero-order chi connectivity index (χ0) is 23.2. The molecule has 3 heterocycles. The van der Waals surface area contributed by atoms with E-state index < -0.39 is 11.8 Å². The molecule has 2 aliphatic rings. The molecule has 4 N–H and O–H groups in total. The minimum absolute atomic E-state index is 0.0189. The van der Waals surface area contributed by atoms with Crippen LogP contribution in [0.3, 0.4) is 0 Å². The number of allylic oxidation sites excluding steroid dienone is 3. The maximum atomic E-state index is 13.4. The number of primary amides is 1. The van der Waals surface area contributed by atoms with E-state index in [2.05, 4.69) is 16.3 Å². The van der Waals surface area contributed by atoms with Gasteiger partial charge in [0.15, 0.2) is 10.1 Å². The summed E-state index contributed by atoms with van der Waals surface area (Å²) in [7, 11) is 0. The summed E-state index contributed by atoms with van der Waals surface area (Å²) < 4.78 is 0.560. The Kier molecular flexibility index (Phi) is 5.87. The largest absolute Gasteiger partial charge is 0.384 e. The van der Waals surface area contributed by atoms with E-state index in [1.54, 1.807) is 16.2 Å². The first-order chi connectivity index (χ1) is 15.1. The van der Waals surface area contributed by atoms with E-state index in [1.807, 2.05) is 32.9 Å². The molecule has 2 aromatic heterocycles. The number of ketones is 1. The molecule has 11 heteroatoms. The third-order valence-corrected chi connectivity index (χ3v) is 8.48. The maximum absolute atomic E-state index is 13.4. The molecule has 2 aromatic rings. The molecule has 32 heavy (non-hydrogen) atoms. The average Bonchev–Trinajstić information content (AvgIpc) is 3.33. The van der Waals surface area contributed by atoms with Crippen LogP contribution in [-0.2, 0) is 9.59 Å². The van der Waals surface area contributed by atoms with Crippen LogP contribution in [0.1, 0.15) is 42.4 Å². The van der Waals surface area contributed by atoms with Crippen molar-refractivity contribution in [2.45, 2.75) is 43.9 Å². The molecule has 0 saturated heterocycles. The lowest BCUT2D eigenvalue weighted by Crippen LogP contribution is -2.42. The van der Waals surface area contributed by atoms with E-state index in [1.165, 1.54) is 23.1 Å². The van der Waals surface area contributed by atoms with Gasteiger partial charge in [-0.1, -0.05) is 36.9 Å². The van der Waals surface area contributed by atoms with Crippen molar-refractivity contribution in [3.63, 3.8) is 0 Å². The number of hydrogen-bond acceptors (Lipinski definition) is 10. The summed E-state index contributed by atoms with van der Waals surface area (Å²) in [5, 5.41) is 18.9. The van der Waals surface area contributed by atoms with E-state index in [4.69, 9.17) is 11.5 Å². The van der Waals surface area contributed by atoms with Crippen molar-refractivity contribution in [1.29, 1.82) is 5.26 Å². The Bertz CT molecular complexity index is 1220. The van der Waals surface area contributed by atoms with Crippen molar-refractivity contribution < 1.29 is 9.59 Å². The van der Waals surface area contributed by atoms with Gasteiger partial charge in [-0.25, -0.2) is 0 Å². The Labute approximate surface area is 198 Å². The van der Waals surface area contributed by atoms with Crippen LogP contribution >= 0.6 is 34.4 Å². The van der Waals surface area contributed by atoms with Crippen molar-refractivity contribution in [2.24, 2.45) is 16.9 Å². The Morgan fingerprint density at radius 1 is 1.34 bits per heavy atom. The zero-order valence-corrected chi connectivity index (χ0v) is 20.3. The first-order valence-corrected chi connectivity index (χ1v) is 12.5. The van der Waals surface area contributed by atoms with Gasteiger partial charge in [0.25, 0.3) is 0 Å². The molecule has 1 unspecified atom stereocenters. The first kappa shape index (κ1) is 22.5. The van der Waals surface area contributed by atoms with Crippen LogP contribution in [0.25, 0.3) is 0 Å². The van der Waals surface area contributed by atoms with Gasteiger partial charge >= 0.3 is 0 Å². The fourth-order valence-corrected chi connectivity index (χ4v) is 6.72. The molecule has 1 aliphatic carbocycles. The number of hydrogen-bond donors (Lipinski definition) is 2. The lowest BCUT2D eigenvalue weighted by molar-refractivity contribution is -0.118. The number of aromatic nitrogens is 2. The van der Waals surface area contributed by atoms with E-state index in [-0.39, 0.29) is 22.8 Å². The third-order valence-electron chi connectivity index (χ3n) is 5.35. The highest BCUT2D eigenvalue weighted by molar-refractivity contribution is 8.01. The standard InChI is InChI=1S/C21H22N6O2S3/c1-10-4-5-14(31-10)16-11(8-22)18(24)27(12-6-21(2,3)7-13(28)17(12)16)19-25-26-20(32-19)30-9-15(23)29/h4-5,16H,6-7,9,24H2,1-3H3,(H2,23,29). The molecule has 8 nitrogen and oxygen atoms in total. The molecule has 1 amide bonds. The fraction of sp³-hybridized carbons (Fsp3) is 0.381. The lowest BCUT2D eigenvalue weighted by atomic mass is 9.70. The van der Waals surface area contributed by atoms with Gasteiger partial charge in [0.05, 0.1) is 23.3 Å². The highest BCUT2D eigenvalue weighted by Crippen LogP contribution is 2.51. The Hall–Kier alpha value is -2.68. The second-order valence-corrected chi connectivity index (χ2v) is 12.0. The monoisotopic (exact) mass is 486 g/mol. The number of nitriles is 1. The molecule has 1 atom stereocenters. The molecule has 4 rings (SSSR count). The summed E-state index contributed by atoms with van der Waals surface area (Å²) >= 11 is 4.01. The minimum atomic E-state index is -0.481. The number of nitrogens with zero attached hydrogens (tertiary/aromatic N) is 4. The van der Waals surface area contributed by atoms with Gasteiger partial charge in [-0.2, -0.15) is 5.26 Å². The van der Waals surface area contributed by atoms with Crippen molar-refractivity contribution in [2.75, 3.05) is 10.7 Å². The van der Waals surface area contributed by atoms with Crippen LogP contribution in [0.2, 0.25) is 0 Å². The quantitative estimate of drug-likeness (QED) is 0.613. The van der Waals surface area contributed by atoms with Crippen molar-refractivity contribution in [3.05, 3.63) is 44.6 Å². The highest BCUT2D eigenvalue weighted by Gasteiger charge is 2.45. The van der Waals surface area contributed by atoms with E-state index >= 15 is 0 Å². The molecule has 0 saturated carbocycles. The third kappa shape index (κ3) is 4.05. The number of carbonyl (C=O) groups is 2. The number of nitrogens with two attached hydrogens (primary N) is 2. The van der Waals surface area contributed by atoms with Crippen LogP contribution < -0.4 is 16.4 Å². The number of rotatable bonds is 5. The number of thiophene rings is 1. The summed E-state index contributed by atoms with van der Waals surface area (Å²) in [6.07, 6.45) is 1.01. The predicted molar refractivity (Wildman–Crippen MR) is 126 cm³/mol. The molecule has 0 aromatic carbocycles. The van der Waals surface area contributed by atoms with Gasteiger partial charge in [-0.3, -0.25) is 14.5 Å². The normalized spacial score (nSPS) is 20.4. The molecular formula is C21H22N6O2S3. The molecular weight excluding hydrogens is 464 g/mol. The highest BCUT2D eigenvalue weighted by atomic mass is 32.2. The van der Waals surface area contributed by atoms with Crippen molar-refractivity contribution in [3.8, 4) is 6.07 Å². The van der Waals surface area contributed by atoms with Gasteiger partial charge in [-0.05, 0) is 30.9 Å². The second kappa shape index (κ2) is 8.35. The molecule has 1 aliphatic heterocycles. The predicted octanol–water partition coefficient (Wildman–Crippen LogP) is 3.43. The van der Waals surface area contributed by atoms with Gasteiger partial charge in [0, 0.05) is 27.4 Å². The zero-order valence-electron chi connectivity index (χ0n) is 17.8. The molecule has 166 valence electrons. The van der Waals surface area contributed by atoms with Crippen LogP contribution in [0.4, 0.5) is 5.13 Å². The van der Waals surface area contributed by atoms with Gasteiger partial charge in [-0.15, -0.1) is 21.5 Å². The first-order valence-electron chi connectivity index (χ1n) is 9.88. The smallest absolute Gasteiger partial charge is 0.227 e. The fourth-order valence-electron chi connectivity index (χ4n) is 4.10. The average molecular weight is 487 g/mol. The number of thioether (sulfide) groups is 1. The summed E-state index contributed by atoms with van der Waals surface area (Å²) in [5.74, 6) is -0.566. The topological polar surface area (TPSA) is 139 Å². The molecule has 0 bridgehead atoms. The Morgan fingerprint density at radius 2 is 2.09 bits per heavy atom. The van der Waals surface area contributed by atoms with Gasteiger partial charge in [0.2, 0.25) is 11.0 Å². The summed E-state index contributed by atoms with van der Waals surface area (Å²) in [6.45, 7) is 6.09. The summed E-state index contributed by atoms with van der Waals surface area (Å²) in [6, 6.07) is 6.21. The number of aryl methyl sites for hydroxylation is 1. The molecule has 0 spiro atoms. The van der Waals surface area contributed by atoms with Crippen molar-refractivity contribution in [1.82, 2.24) is 10.2 Å². The van der Waals surface area contributed by atoms with Crippen LogP contribution in [0, 0.1) is 23.7 Å². The minimum Gasteiger partial charge on any atom is -0.384 e. The maximum Gasteiger partial charge on any atom is 0.227 e. The number of amides is 1. The summed E-state index contributed by atoms with van der Waals surface area (Å²) in [4.78, 5) is 28.3. The molecule has 0 fully saturated rings. The molecule has 0 radical (unpaired) electrons. The van der Waals surface area contributed by atoms with Crippen LogP contribution in [-0.4, -0.2) is 27.6 Å². The van der Waals surface area contributed by atoms with E-state index in [0.29, 0.717) is 33.5 Å². The van der Waals surface area contributed by atoms with E-state index in [9.17, 15) is 14.9 Å². The lowest BCUT2D eigenvalue weighted by Gasteiger charge is -2.42. The van der Waals surface area contributed by atoms with Crippen molar-refractivity contribution >= 4 is 51.3 Å². The van der Waals surface area contributed by atoms with Crippen LogP contribution in [0.15, 0.2) is 39.1 Å². The summed E-state index contributed by atoms with van der Waals surface area (Å²) in [5.41, 5.74) is 13.3. The number of carbonyl (C=O) groups excluding carboxylic acids is 2. The van der Waals surface area contributed by atoms with Crippen LogP contribution in [0.5, 0.6) is 0 Å². The van der Waals surface area contributed by atoms with E-state index in [0.717, 1.165) is 15.5 Å². The number of Topliss-reactive ketones (excluding diaryl/α,β-unsaturated/α-hetero) is 1. The SMILES string of the molecule is Cc1ccc(C2C(C#N)=C(N)N(c3nnc(SCC(N)=O)s3)C3=C2C(=O)CC(C)(C)C3)s1.